The standard InChI is InChI=1S/C21H30N4OS/c1-8-25(7)13-22-18-9-16(5)19(10-15(18)4)26-20-11-17(6)23-21(24-20)27-12-14(2)3/h9-11,13-14H,8,12H2,1-7H3. The Balaban J connectivity index is 2.22. The highest BCUT2D eigenvalue weighted by molar-refractivity contribution is 7.99. The number of hydrogen-bond donors (Lipinski definition) is 0. The Bertz CT molecular complexity index is 805. The van der Waals surface area contributed by atoms with Crippen molar-refractivity contribution in [2.24, 2.45) is 10.9 Å². The first kappa shape index (κ1) is 21.2. The Labute approximate surface area is 167 Å². The van der Waals surface area contributed by atoms with Gasteiger partial charge in [-0.25, -0.2) is 9.98 Å². The van der Waals surface area contributed by atoms with E-state index in [-0.39, 0.29) is 0 Å². The first-order chi connectivity index (χ1) is 12.8. The minimum absolute atomic E-state index is 0.582. The molecule has 0 atom stereocenters. The monoisotopic (exact) mass is 386 g/mol. The van der Waals surface area contributed by atoms with Crippen molar-refractivity contribution in [2.45, 2.75) is 46.7 Å². The van der Waals surface area contributed by atoms with Crippen molar-refractivity contribution >= 4 is 23.8 Å². The van der Waals surface area contributed by atoms with E-state index < -0.39 is 0 Å². The maximum Gasteiger partial charge on any atom is 0.223 e. The lowest BCUT2D eigenvalue weighted by Crippen LogP contribution is -2.14. The van der Waals surface area contributed by atoms with Gasteiger partial charge < -0.3 is 9.64 Å². The number of ether oxygens (including phenoxy) is 1. The second-order valence-corrected chi connectivity index (χ2v) is 8.15. The zero-order valence-corrected chi connectivity index (χ0v) is 18.2. The molecule has 0 spiro atoms. The van der Waals surface area contributed by atoms with Crippen molar-refractivity contribution in [3.63, 3.8) is 0 Å². The molecule has 0 saturated carbocycles. The van der Waals surface area contributed by atoms with E-state index in [4.69, 9.17) is 4.74 Å². The second kappa shape index (κ2) is 9.74. The van der Waals surface area contributed by atoms with Gasteiger partial charge in [0.05, 0.1) is 12.0 Å². The molecule has 1 aromatic carbocycles. The summed E-state index contributed by atoms with van der Waals surface area (Å²) in [4.78, 5) is 15.7. The van der Waals surface area contributed by atoms with Gasteiger partial charge in [-0.3, -0.25) is 0 Å². The predicted molar refractivity (Wildman–Crippen MR) is 115 cm³/mol. The molecule has 146 valence electrons. The molecule has 0 saturated heterocycles. The molecule has 2 rings (SSSR count). The SMILES string of the molecule is CCN(C)C=Nc1cc(C)c(Oc2cc(C)nc(SCC(C)C)n2)cc1C. The van der Waals surface area contributed by atoms with E-state index in [0.29, 0.717) is 11.8 Å². The van der Waals surface area contributed by atoms with Crippen LogP contribution in [0.2, 0.25) is 0 Å². The van der Waals surface area contributed by atoms with Gasteiger partial charge in [-0.15, -0.1) is 0 Å². The topological polar surface area (TPSA) is 50.6 Å². The van der Waals surface area contributed by atoms with Gasteiger partial charge in [-0.05, 0) is 56.9 Å². The lowest BCUT2D eigenvalue weighted by atomic mass is 10.1. The van der Waals surface area contributed by atoms with Gasteiger partial charge in [0.15, 0.2) is 5.16 Å². The number of rotatable bonds is 8. The third-order valence-electron chi connectivity index (χ3n) is 3.96. The van der Waals surface area contributed by atoms with Gasteiger partial charge in [0.2, 0.25) is 5.88 Å². The molecule has 2 aromatic rings. The Kier molecular flexibility index (Phi) is 7.66. The van der Waals surface area contributed by atoms with Gasteiger partial charge in [-0.2, -0.15) is 4.98 Å². The molecule has 0 fully saturated rings. The summed E-state index contributed by atoms with van der Waals surface area (Å²) in [6.45, 7) is 13.4. The van der Waals surface area contributed by atoms with Crippen molar-refractivity contribution in [1.29, 1.82) is 0 Å². The maximum atomic E-state index is 6.09. The maximum absolute atomic E-state index is 6.09. The van der Waals surface area contributed by atoms with Crippen molar-refractivity contribution in [3.8, 4) is 11.6 Å². The van der Waals surface area contributed by atoms with Crippen LogP contribution in [0.4, 0.5) is 5.69 Å². The first-order valence-electron chi connectivity index (χ1n) is 9.30. The average Bonchev–Trinajstić information content (AvgIpc) is 2.60. The molecule has 0 amide bonds. The van der Waals surface area contributed by atoms with Crippen molar-refractivity contribution < 1.29 is 4.74 Å². The summed E-state index contributed by atoms with van der Waals surface area (Å²) in [7, 11) is 2.01. The lowest BCUT2D eigenvalue weighted by Gasteiger charge is -2.13. The number of nitrogens with zero attached hydrogens (tertiary/aromatic N) is 4. The fourth-order valence-electron chi connectivity index (χ4n) is 2.25. The number of aryl methyl sites for hydroxylation is 3. The van der Waals surface area contributed by atoms with Crippen LogP contribution in [0.15, 0.2) is 28.3 Å². The number of hydrogen-bond acceptors (Lipinski definition) is 5. The Hall–Kier alpha value is -2.08. The van der Waals surface area contributed by atoms with Crippen LogP contribution in [-0.4, -0.2) is 40.6 Å². The van der Waals surface area contributed by atoms with E-state index in [9.17, 15) is 0 Å². The van der Waals surface area contributed by atoms with Crippen LogP contribution in [0.25, 0.3) is 0 Å². The van der Waals surface area contributed by atoms with Crippen LogP contribution < -0.4 is 4.74 Å². The van der Waals surface area contributed by atoms with Crippen molar-refractivity contribution in [2.75, 3.05) is 19.3 Å². The molecule has 0 aliphatic rings. The van der Waals surface area contributed by atoms with E-state index in [1.165, 1.54) is 0 Å². The third kappa shape index (κ3) is 6.54. The summed E-state index contributed by atoms with van der Waals surface area (Å²) >= 11 is 1.66. The highest BCUT2D eigenvalue weighted by atomic mass is 32.2. The molecule has 0 N–H and O–H groups in total. The van der Waals surface area contributed by atoms with E-state index in [2.05, 4.69) is 35.7 Å². The molecular weight excluding hydrogens is 356 g/mol. The fourth-order valence-corrected chi connectivity index (χ4v) is 3.10. The van der Waals surface area contributed by atoms with Crippen LogP contribution in [-0.2, 0) is 0 Å². The lowest BCUT2D eigenvalue weighted by molar-refractivity contribution is 0.451. The Morgan fingerprint density at radius 3 is 2.56 bits per heavy atom. The Morgan fingerprint density at radius 1 is 1.15 bits per heavy atom. The quantitative estimate of drug-likeness (QED) is 0.257. The smallest absolute Gasteiger partial charge is 0.223 e. The number of aliphatic imine (C=N–C) groups is 1. The van der Waals surface area contributed by atoms with E-state index >= 15 is 0 Å². The Morgan fingerprint density at radius 2 is 1.89 bits per heavy atom. The summed E-state index contributed by atoms with van der Waals surface area (Å²) in [6, 6.07) is 5.94. The summed E-state index contributed by atoms with van der Waals surface area (Å²) in [5.74, 6) is 2.96. The largest absolute Gasteiger partial charge is 0.439 e. The zero-order valence-electron chi connectivity index (χ0n) is 17.4. The van der Waals surface area contributed by atoms with E-state index in [0.717, 1.165) is 45.7 Å². The van der Waals surface area contributed by atoms with Gasteiger partial charge in [0.25, 0.3) is 0 Å². The number of thioether (sulfide) groups is 1. The van der Waals surface area contributed by atoms with Crippen molar-refractivity contribution in [3.05, 3.63) is 35.0 Å². The second-order valence-electron chi connectivity index (χ2n) is 7.16. The van der Waals surface area contributed by atoms with Crippen LogP contribution in [0, 0.1) is 26.7 Å². The van der Waals surface area contributed by atoms with Gasteiger partial charge >= 0.3 is 0 Å². The average molecular weight is 387 g/mol. The third-order valence-corrected chi connectivity index (χ3v) is 5.23. The highest BCUT2D eigenvalue weighted by Crippen LogP contribution is 2.31. The summed E-state index contributed by atoms with van der Waals surface area (Å²) in [5.41, 5.74) is 3.95. The minimum Gasteiger partial charge on any atom is -0.439 e. The fraction of sp³-hybridized carbons (Fsp3) is 0.476. The molecule has 0 unspecified atom stereocenters. The van der Waals surface area contributed by atoms with Gasteiger partial charge in [0.1, 0.15) is 5.75 Å². The van der Waals surface area contributed by atoms with E-state index in [1.807, 2.05) is 57.3 Å². The minimum atomic E-state index is 0.582. The zero-order chi connectivity index (χ0) is 20.0. The van der Waals surface area contributed by atoms with Crippen LogP contribution in [0.5, 0.6) is 11.6 Å². The molecule has 27 heavy (non-hydrogen) atoms. The summed E-state index contributed by atoms with van der Waals surface area (Å²) in [6.07, 6.45) is 1.86. The van der Waals surface area contributed by atoms with Crippen molar-refractivity contribution in [1.82, 2.24) is 14.9 Å². The molecule has 0 aliphatic heterocycles. The molecule has 1 aromatic heterocycles. The number of benzene rings is 1. The van der Waals surface area contributed by atoms with Crippen LogP contribution >= 0.6 is 11.8 Å². The molecule has 5 nitrogen and oxygen atoms in total. The normalized spacial score (nSPS) is 11.4. The summed E-state index contributed by atoms with van der Waals surface area (Å²) in [5, 5.41) is 0.761. The van der Waals surface area contributed by atoms with E-state index in [1.54, 1.807) is 11.8 Å². The molecule has 0 aliphatic carbocycles. The highest BCUT2D eigenvalue weighted by Gasteiger charge is 2.10. The van der Waals surface area contributed by atoms with Gasteiger partial charge in [0, 0.05) is 31.1 Å². The van der Waals surface area contributed by atoms with Gasteiger partial charge in [-0.1, -0.05) is 25.6 Å². The summed E-state index contributed by atoms with van der Waals surface area (Å²) < 4.78 is 6.09. The first-order valence-corrected chi connectivity index (χ1v) is 10.3. The molecule has 0 radical (unpaired) electrons. The van der Waals surface area contributed by atoms with Crippen LogP contribution in [0.3, 0.4) is 0 Å². The predicted octanol–water partition coefficient (Wildman–Crippen LogP) is 5.55. The molecule has 1 heterocycles. The number of aromatic nitrogens is 2. The molecular formula is C21H30N4OS. The molecule has 6 heteroatoms. The van der Waals surface area contributed by atoms with Crippen LogP contribution in [0.1, 0.15) is 37.6 Å². The molecule has 0 bridgehead atoms.